The highest BCUT2D eigenvalue weighted by molar-refractivity contribution is 5.93. The first-order chi connectivity index (χ1) is 11.2. The minimum Gasteiger partial charge on any atom is -0.481 e. The van der Waals surface area contributed by atoms with E-state index in [1.165, 1.54) is 0 Å². The van der Waals surface area contributed by atoms with E-state index in [0.717, 1.165) is 0 Å². The monoisotopic (exact) mass is 336 g/mol. The van der Waals surface area contributed by atoms with Crippen LogP contribution in [0.15, 0.2) is 0 Å². The van der Waals surface area contributed by atoms with Gasteiger partial charge in [0.25, 0.3) is 0 Å². The molecule has 4 aliphatic rings. The summed E-state index contributed by atoms with van der Waals surface area (Å²) in [6, 6.07) is 0.158. The average Bonchev–Trinajstić information content (AvgIpc) is 2.43. The third kappa shape index (κ3) is 2.60. The number of carboxylic acids is 1. The number of carbonyl (C=O) groups is 3. The lowest BCUT2D eigenvalue weighted by Crippen LogP contribution is -2.71. The fraction of sp³-hybridized carbons (Fsp3) is 0.833. The molecule has 1 heterocycles. The van der Waals surface area contributed by atoms with E-state index < -0.39 is 16.8 Å². The third-order valence-corrected chi connectivity index (χ3v) is 6.46. The number of carboxylic acid groups (broad SMARTS) is 1. The molecule has 0 aromatic carbocycles. The van der Waals surface area contributed by atoms with Crippen molar-refractivity contribution in [2.75, 3.05) is 13.1 Å². The number of carbonyl (C=O) groups excluding carboxylic acids is 2. The van der Waals surface area contributed by atoms with E-state index in [1.54, 1.807) is 0 Å². The summed E-state index contributed by atoms with van der Waals surface area (Å²) < 4.78 is 0. The second-order valence-electron chi connectivity index (χ2n) is 8.50. The summed E-state index contributed by atoms with van der Waals surface area (Å²) in [6.45, 7) is 7.39. The standard InChI is InChI=1S/C18H28N2O4/c1-11(2)12(3)19-14(21)13-4-6-20(7-5-13)15(22)17-8-18(9-17,10-17)16(23)24/h11-13H,4-10H2,1-3H3,(H,19,21)(H,23,24). The highest BCUT2D eigenvalue weighted by atomic mass is 16.4. The summed E-state index contributed by atoms with van der Waals surface area (Å²) in [6.07, 6.45) is 2.90. The molecule has 6 heteroatoms. The largest absolute Gasteiger partial charge is 0.481 e. The maximum absolute atomic E-state index is 12.7. The Morgan fingerprint density at radius 1 is 1.04 bits per heavy atom. The van der Waals surface area contributed by atoms with E-state index in [4.69, 9.17) is 0 Å². The molecule has 2 amide bonds. The molecule has 6 nitrogen and oxygen atoms in total. The van der Waals surface area contributed by atoms with Crippen LogP contribution in [-0.2, 0) is 14.4 Å². The van der Waals surface area contributed by atoms with E-state index in [9.17, 15) is 19.5 Å². The van der Waals surface area contributed by atoms with Gasteiger partial charge in [0.1, 0.15) is 0 Å². The number of amides is 2. The average molecular weight is 336 g/mol. The number of nitrogens with one attached hydrogen (secondary N) is 1. The summed E-state index contributed by atoms with van der Waals surface area (Å²) in [5.74, 6) is -0.166. The Hall–Kier alpha value is -1.59. The second kappa shape index (κ2) is 5.74. The Labute approximate surface area is 143 Å². The Bertz CT molecular complexity index is 544. The van der Waals surface area contributed by atoms with Gasteiger partial charge < -0.3 is 15.3 Å². The third-order valence-electron chi connectivity index (χ3n) is 6.46. The minimum atomic E-state index is -0.758. The molecule has 3 aliphatic carbocycles. The summed E-state index contributed by atoms with van der Waals surface area (Å²) in [5, 5.41) is 12.2. The van der Waals surface area contributed by atoms with E-state index in [2.05, 4.69) is 19.2 Å². The number of likely N-dealkylation sites (tertiary alicyclic amines) is 1. The predicted molar refractivity (Wildman–Crippen MR) is 88.1 cm³/mol. The van der Waals surface area contributed by atoms with Gasteiger partial charge in [-0.3, -0.25) is 14.4 Å². The van der Waals surface area contributed by atoms with E-state index >= 15 is 0 Å². The molecule has 2 bridgehead atoms. The molecule has 0 spiro atoms. The van der Waals surface area contributed by atoms with Gasteiger partial charge >= 0.3 is 5.97 Å². The summed E-state index contributed by atoms with van der Waals surface area (Å²) in [7, 11) is 0. The smallest absolute Gasteiger partial charge is 0.309 e. The molecule has 1 atom stereocenters. The van der Waals surface area contributed by atoms with Gasteiger partial charge in [0.05, 0.1) is 10.8 Å². The lowest BCUT2D eigenvalue weighted by Gasteiger charge is -2.67. The van der Waals surface area contributed by atoms with Crippen LogP contribution >= 0.6 is 0 Å². The first-order valence-corrected chi connectivity index (χ1v) is 9.02. The van der Waals surface area contributed by atoms with Crippen molar-refractivity contribution >= 4 is 17.8 Å². The molecule has 2 N–H and O–H groups in total. The molecular formula is C18H28N2O4. The van der Waals surface area contributed by atoms with Crippen molar-refractivity contribution in [3.05, 3.63) is 0 Å². The van der Waals surface area contributed by atoms with E-state index in [1.807, 2.05) is 11.8 Å². The molecule has 1 unspecified atom stereocenters. The van der Waals surface area contributed by atoms with Crippen LogP contribution in [0.2, 0.25) is 0 Å². The summed E-state index contributed by atoms with van der Waals surface area (Å²) >= 11 is 0. The molecule has 3 saturated carbocycles. The minimum absolute atomic E-state index is 0.0198. The highest BCUT2D eigenvalue weighted by Crippen LogP contribution is 2.74. The van der Waals surface area contributed by atoms with Crippen LogP contribution in [0.25, 0.3) is 0 Å². The van der Waals surface area contributed by atoms with Crippen molar-refractivity contribution < 1.29 is 19.5 Å². The van der Waals surface area contributed by atoms with Crippen LogP contribution in [0.3, 0.4) is 0 Å². The highest BCUT2D eigenvalue weighted by Gasteiger charge is 2.75. The number of hydrogen-bond acceptors (Lipinski definition) is 3. The SMILES string of the molecule is CC(C)C(C)NC(=O)C1CCN(C(=O)C23CC(C(=O)O)(C2)C3)CC1. The number of hydrogen-bond donors (Lipinski definition) is 2. The van der Waals surface area contributed by atoms with Crippen molar-refractivity contribution in [2.45, 2.75) is 58.9 Å². The maximum atomic E-state index is 12.7. The van der Waals surface area contributed by atoms with E-state index in [-0.39, 0.29) is 23.8 Å². The number of rotatable bonds is 5. The van der Waals surface area contributed by atoms with Crippen LogP contribution in [-0.4, -0.2) is 46.9 Å². The predicted octanol–water partition coefficient (Wildman–Crippen LogP) is 1.64. The van der Waals surface area contributed by atoms with Gasteiger partial charge in [-0.2, -0.15) is 0 Å². The summed E-state index contributed by atoms with van der Waals surface area (Å²) in [4.78, 5) is 38.0. The van der Waals surface area contributed by atoms with Crippen LogP contribution in [0.1, 0.15) is 52.9 Å². The van der Waals surface area contributed by atoms with Gasteiger partial charge in [0, 0.05) is 25.0 Å². The molecular weight excluding hydrogens is 308 g/mol. The Morgan fingerprint density at radius 2 is 1.58 bits per heavy atom. The zero-order valence-corrected chi connectivity index (χ0v) is 14.8. The van der Waals surface area contributed by atoms with Crippen LogP contribution in [0, 0.1) is 22.7 Å². The lowest BCUT2D eigenvalue weighted by molar-refractivity contribution is -0.226. The molecule has 0 aromatic heterocycles. The number of aliphatic carboxylic acids is 1. The van der Waals surface area contributed by atoms with Gasteiger partial charge in [-0.25, -0.2) is 0 Å². The van der Waals surface area contributed by atoms with E-state index in [0.29, 0.717) is 51.1 Å². The van der Waals surface area contributed by atoms with Gasteiger partial charge in [0.2, 0.25) is 11.8 Å². The normalized spacial score (nSPS) is 33.4. The van der Waals surface area contributed by atoms with Crippen molar-refractivity contribution in [3.63, 3.8) is 0 Å². The van der Waals surface area contributed by atoms with Crippen molar-refractivity contribution in [2.24, 2.45) is 22.7 Å². The molecule has 1 saturated heterocycles. The van der Waals surface area contributed by atoms with Crippen molar-refractivity contribution in [1.29, 1.82) is 0 Å². The fourth-order valence-corrected chi connectivity index (χ4v) is 4.43. The molecule has 24 heavy (non-hydrogen) atoms. The second-order valence-corrected chi connectivity index (χ2v) is 8.50. The zero-order chi connectivity index (χ0) is 17.7. The van der Waals surface area contributed by atoms with Gasteiger partial charge in [0.15, 0.2) is 0 Å². The quantitative estimate of drug-likeness (QED) is 0.799. The Balaban J connectivity index is 1.47. The van der Waals surface area contributed by atoms with Crippen LogP contribution < -0.4 is 5.32 Å². The Morgan fingerprint density at radius 3 is 2.04 bits per heavy atom. The zero-order valence-electron chi connectivity index (χ0n) is 14.8. The molecule has 134 valence electrons. The van der Waals surface area contributed by atoms with Gasteiger partial charge in [-0.05, 0) is 44.9 Å². The molecule has 4 fully saturated rings. The Kier molecular flexibility index (Phi) is 4.12. The molecule has 4 rings (SSSR count). The van der Waals surface area contributed by atoms with Crippen LogP contribution in [0.5, 0.6) is 0 Å². The molecule has 1 aliphatic heterocycles. The van der Waals surface area contributed by atoms with Crippen molar-refractivity contribution in [1.82, 2.24) is 10.2 Å². The fourth-order valence-electron chi connectivity index (χ4n) is 4.43. The maximum Gasteiger partial charge on any atom is 0.309 e. The van der Waals surface area contributed by atoms with Crippen molar-refractivity contribution in [3.8, 4) is 0 Å². The first-order valence-electron chi connectivity index (χ1n) is 9.02. The van der Waals surface area contributed by atoms with Gasteiger partial charge in [-0.1, -0.05) is 13.8 Å². The van der Waals surface area contributed by atoms with Gasteiger partial charge in [-0.15, -0.1) is 0 Å². The topological polar surface area (TPSA) is 86.7 Å². The number of piperidine rings is 1. The summed E-state index contributed by atoms with van der Waals surface area (Å²) in [5.41, 5.74) is -1.01. The molecule has 0 aromatic rings. The first kappa shape index (κ1) is 17.2. The van der Waals surface area contributed by atoms with Crippen LogP contribution in [0.4, 0.5) is 0 Å². The molecule has 0 radical (unpaired) electrons. The lowest BCUT2D eigenvalue weighted by atomic mass is 9.34. The number of nitrogens with zero attached hydrogens (tertiary/aromatic N) is 1.